The van der Waals surface area contributed by atoms with Crippen molar-refractivity contribution in [3.8, 4) is 5.75 Å². The second kappa shape index (κ2) is 5.55. The molecule has 3 unspecified atom stereocenters. The summed E-state index contributed by atoms with van der Waals surface area (Å²) in [5.74, 6) is 2.23. The first-order valence-electron chi connectivity index (χ1n) is 6.82. The second-order valence-corrected chi connectivity index (χ2v) is 5.67. The zero-order valence-corrected chi connectivity index (χ0v) is 11.5. The van der Waals surface area contributed by atoms with E-state index < -0.39 is 0 Å². The van der Waals surface area contributed by atoms with E-state index in [1.807, 2.05) is 25.1 Å². The zero-order valence-electron chi connectivity index (χ0n) is 11.5. The lowest BCUT2D eigenvalue weighted by molar-refractivity contribution is 0.0976. The SMILES string of the molecule is Cc1ccc(OC2CCC(C)C(C)C2)c(C=O)c1. The van der Waals surface area contributed by atoms with E-state index in [-0.39, 0.29) is 6.10 Å². The number of hydrogen-bond donors (Lipinski definition) is 0. The summed E-state index contributed by atoms with van der Waals surface area (Å²) in [4.78, 5) is 11.1. The van der Waals surface area contributed by atoms with Crippen LogP contribution in [-0.2, 0) is 0 Å². The fourth-order valence-electron chi connectivity index (χ4n) is 2.65. The molecule has 1 aliphatic rings. The van der Waals surface area contributed by atoms with Crippen LogP contribution in [0.3, 0.4) is 0 Å². The molecule has 0 N–H and O–H groups in total. The summed E-state index contributed by atoms with van der Waals surface area (Å²) in [7, 11) is 0. The average molecular weight is 246 g/mol. The van der Waals surface area contributed by atoms with Crippen LogP contribution >= 0.6 is 0 Å². The quantitative estimate of drug-likeness (QED) is 0.753. The molecule has 0 amide bonds. The van der Waals surface area contributed by atoms with Gasteiger partial charge in [0.25, 0.3) is 0 Å². The number of ether oxygens (including phenoxy) is 1. The van der Waals surface area contributed by atoms with Gasteiger partial charge in [0.2, 0.25) is 0 Å². The molecule has 2 nitrogen and oxygen atoms in total. The second-order valence-electron chi connectivity index (χ2n) is 5.67. The van der Waals surface area contributed by atoms with E-state index in [4.69, 9.17) is 4.74 Å². The lowest BCUT2D eigenvalue weighted by Gasteiger charge is -2.32. The van der Waals surface area contributed by atoms with Crippen molar-refractivity contribution in [2.75, 3.05) is 0 Å². The smallest absolute Gasteiger partial charge is 0.153 e. The Hall–Kier alpha value is -1.31. The van der Waals surface area contributed by atoms with Gasteiger partial charge in [-0.15, -0.1) is 0 Å². The molecule has 0 saturated heterocycles. The fourth-order valence-corrected chi connectivity index (χ4v) is 2.65. The summed E-state index contributed by atoms with van der Waals surface area (Å²) < 4.78 is 6.02. The number of aldehydes is 1. The van der Waals surface area contributed by atoms with Gasteiger partial charge in [0.15, 0.2) is 6.29 Å². The molecule has 1 aromatic carbocycles. The van der Waals surface area contributed by atoms with Gasteiger partial charge in [-0.05, 0) is 50.2 Å². The van der Waals surface area contributed by atoms with Crippen LogP contribution in [0.4, 0.5) is 0 Å². The maximum absolute atomic E-state index is 11.1. The van der Waals surface area contributed by atoms with E-state index in [9.17, 15) is 4.79 Å². The summed E-state index contributed by atoms with van der Waals surface area (Å²) >= 11 is 0. The summed E-state index contributed by atoms with van der Waals surface area (Å²) in [5, 5.41) is 0. The molecule has 0 radical (unpaired) electrons. The van der Waals surface area contributed by atoms with Gasteiger partial charge in [-0.1, -0.05) is 25.5 Å². The standard InChI is InChI=1S/C16H22O2/c1-11-4-7-16(14(8-11)10-17)18-15-6-5-12(2)13(3)9-15/h4,7-8,10,12-13,15H,5-6,9H2,1-3H3. The Morgan fingerprint density at radius 3 is 2.67 bits per heavy atom. The highest BCUT2D eigenvalue weighted by molar-refractivity contribution is 5.79. The first kappa shape index (κ1) is 13.1. The zero-order chi connectivity index (χ0) is 13.1. The topological polar surface area (TPSA) is 26.3 Å². The van der Waals surface area contributed by atoms with Crippen LogP contribution in [0.15, 0.2) is 18.2 Å². The van der Waals surface area contributed by atoms with Crippen molar-refractivity contribution >= 4 is 6.29 Å². The molecule has 1 aromatic rings. The number of aryl methyl sites for hydroxylation is 1. The van der Waals surface area contributed by atoms with E-state index >= 15 is 0 Å². The summed E-state index contributed by atoms with van der Waals surface area (Å²) in [6.45, 7) is 6.58. The summed E-state index contributed by atoms with van der Waals surface area (Å²) in [6, 6.07) is 5.80. The van der Waals surface area contributed by atoms with Crippen molar-refractivity contribution in [2.24, 2.45) is 11.8 Å². The maximum Gasteiger partial charge on any atom is 0.153 e. The average Bonchev–Trinajstić information content (AvgIpc) is 2.36. The highest BCUT2D eigenvalue weighted by Crippen LogP contribution is 2.32. The first-order chi connectivity index (χ1) is 8.60. The molecule has 0 heterocycles. The van der Waals surface area contributed by atoms with Crippen LogP contribution in [0.5, 0.6) is 5.75 Å². The van der Waals surface area contributed by atoms with E-state index in [1.54, 1.807) is 0 Å². The Labute approximate surface area is 109 Å². The van der Waals surface area contributed by atoms with Crippen molar-refractivity contribution in [1.82, 2.24) is 0 Å². The Kier molecular flexibility index (Phi) is 4.05. The van der Waals surface area contributed by atoms with Gasteiger partial charge in [-0.3, -0.25) is 4.79 Å². The third kappa shape index (κ3) is 2.92. The maximum atomic E-state index is 11.1. The van der Waals surface area contributed by atoms with E-state index in [2.05, 4.69) is 13.8 Å². The van der Waals surface area contributed by atoms with Crippen molar-refractivity contribution in [3.05, 3.63) is 29.3 Å². The number of hydrogen-bond acceptors (Lipinski definition) is 2. The molecule has 1 fully saturated rings. The number of rotatable bonds is 3. The molecule has 0 aromatic heterocycles. The highest BCUT2D eigenvalue weighted by Gasteiger charge is 2.26. The molecule has 98 valence electrons. The number of carbonyl (C=O) groups is 1. The predicted octanol–water partition coefficient (Wildman–Crippen LogP) is 4.01. The summed E-state index contributed by atoms with van der Waals surface area (Å²) in [5.41, 5.74) is 1.76. The molecule has 18 heavy (non-hydrogen) atoms. The Bertz CT molecular complexity index is 425. The Morgan fingerprint density at radius 2 is 2.00 bits per heavy atom. The number of carbonyl (C=O) groups excluding carboxylic acids is 1. The molecule has 1 aliphatic carbocycles. The lowest BCUT2D eigenvalue weighted by atomic mass is 9.80. The third-order valence-corrected chi connectivity index (χ3v) is 4.14. The lowest BCUT2D eigenvalue weighted by Crippen LogP contribution is -2.29. The predicted molar refractivity (Wildman–Crippen MR) is 73.2 cm³/mol. The van der Waals surface area contributed by atoms with Gasteiger partial charge in [-0.25, -0.2) is 0 Å². The third-order valence-electron chi connectivity index (χ3n) is 4.14. The van der Waals surface area contributed by atoms with Crippen LogP contribution in [0.25, 0.3) is 0 Å². The van der Waals surface area contributed by atoms with Gasteiger partial charge in [0.05, 0.1) is 11.7 Å². The van der Waals surface area contributed by atoms with Crippen LogP contribution < -0.4 is 4.74 Å². The monoisotopic (exact) mass is 246 g/mol. The fraction of sp³-hybridized carbons (Fsp3) is 0.562. The largest absolute Gasteiger partial charge is 0.490 e. The molecule has 3 atom stereocenters. The molecule has 2 rings (SSSR count). The minimum Gasteiger partial charge on any atom is -0.490 e. The van der Waals surface area contributed by atoms with Gasteiger partial charge >= 0.3 is 0 Å². The van der Waals surface area contributed by atoms with Crippen molar-refractivity contribution in [1.29, 1.82) is 0 Å². The van der Waals surface area contributed by atoms with Crippen LogP contribution in [0.1, 0.15) is 49.0 Å². The molecule has 0 spiro atoms. The van der Waals surface area contributed by atoms with E-state index in [0.717, 1.165) is 36.4 Å². The number of benzene rings is 1. The van der Waals surface area contributed by atoms with E-state index in [1.165, 1.54) is 6.42 Å². The molecular formula is C16H22O2. The minimum absolute atomic E-state index is 0.262. The molecule has 0 bridgehead atoms. The minimum atomic E-state index is 0.262. The van der Waals surface area contributed by atoms with Gasteiger partial charge in [0, 0.05) is 0 Å². The normalized spacial score (nSPS) is 27.8. The van der Waals surface area contributed by atoms with E-state index in [0.29, 0.717) is 11.5 Å². The Balaban J connectivity index is 2.07. The van der Waals surface area contributed by atoms with Crippen molar-refractivity contribution in [2.45, 2.75) is 46.1 Å². The summed E-state index contributed by atoms with van der Waals surface area (Å²) in [6.07, 6.45) is 4.55. The van der Waals surface area contributed by atoms with Crippen molar-refractivity contribution < 1.29 is 9.53 Å². The van der Waals surface area contributed by atoms with Crippen LogP contribution in [-0.4, -0.2) is 12.4 Å². The molecule has 0 aliphatic heterocycles. The van der Waals surface area contributed by atoms with Gasteiger partial charge in [0.1, 0.15) is 5.75 Å². The molecular weight excluding hydrogens is 224 g/mol. The Morgan fingerprint density at radius 1 is 1.22 bits per heavy atom. The molecule has 2 heteroatoms. The molecule has 1 saturated carbocycles. The first-order valence-corrected chi connectivity index (χ1v) is 6.82. The van der Waals surface area contributed by atoms with Crippen LogP contribution in [0, 0.1) is 18.8 Å². The van der Waals surface area contributed by atoms with Crippen LogP contribution in [0.2, 0.25) is 0 Å². The van der Waals surface area contributed by atoms with Gasteiger partial charge in [-0.2, -0.15) is 0 Å². The van der Waals surface area contributed by atoms with Gasteiger partial charge < -0.3 is 4.74 Å². The highest BCUT2D eigenvalue weighted by atomic mass is 16.5. The van der Waals surface area contributed by atoms with Crippen molar-refractivity contribution in [3.63, 3.8) is 0 Å².